The maximum atomic E-state index is 8.60. The summed E-state index contributed by atoms with van der Waals surface area (Å²) in [6.07, 6.45) is 2.28. The molecule has 0 saturated carbocycles. The summed E-state index contributed by atoms with van der Waals surface area (Å²) >= 11 is -4.21. The molecular formula is C4H9O3Re-. The Balaban J connectivity index is 0. The van der Waals surface area contributed by atoms with Crippen LogP contribution in [0.25, 0.3) is 0 Å². The van der Waals surface area contributed by atoms with Gasteiger partial charge in [0.1, 0.15) is 0 Å². The molecule has 0 unspecified atom stereocenters. The van der Waals surface area contributed by atoms with Crippen molar-refractivity contribution in [1.29, 1.82) is 0 Å². The Bertz CT molecular complexity index is 100. The van der Waals surface area contributed by atoms with E-state index in [0.29, 0.717) is 0 Å². The van der Waals surface area contributed by atoms with E-state index in [1.165, 1.54) is 6.42 Å². The van der Waals surface area contributed by atoms with E-state index in [1.807, 2.05) is 0 Å². The third-order valence-corrected chi connectivity index (χ3v) is 0.354. The van der Waals surface area contributed by atoms with E-state index in [2.05, 4.69) is 13.8 Å². The van der Waals surface area contributed by atoms with Crippen molar-refractivity contribution in [3.63, 3.8) is 0 Å². The van der Waals surface area contributed by atoms with Crippen molar-refractivity contribution in [3.05, 3.63) is 6.92 Å². The SMILES string of the molecule is [CH2-]CCC.[O]=[Re](=[O])=[O]. The van der Waals surface area contributed by atoms with E-state index in [4.69, 9.17) is 10.4 Å². The van der Waals surface area contributed by atoms with E-state index in [9.17, 15) is 0 Å². The van der Waals surface area contributed by atoms with Gasteiger partial charge in [0, 0.05) is 0 Å². The second-order valence-electron chi connectivity index (χ2n) is 1.04. The van der Waals surface area contributed by atoms with Gasteiger partial charge in [-0.1, -0.05) is 13.3 Å². The Hall–Kier alpha value is 0.0623. The summed E-state index contributed by atoms with van der Waals surface area (Å²) in [7, 11) is 0. The molecule has 0 aromatic rings. The van der Waals surface area contributed by atoms with Crippen molar-refractivity contribution in [1.82, 2.24) is 0 Å². The van der Waals surface area contributed by atoms with Crippen molar-refractivity contribution in [2.45, 2.75) is 19.8 Å². The number of hydrogen-bond donors (Lipinski definition) is 0. The van der Waals surface area contributed by atoms with Crippen LogP contribution in [-0.2, 0) is 27.0 Å². The molecule has 0 radical (unpaired) electrons. The van der Waals surface area contributed by atoms with Gasteiger partial charge in [-0.15, -0.1) is 0 Å². The summed E-state index contributed by atoms with van der Waals surface area (Å²) in [5.74, 6) is 0. The van der Waals surface area contributed by atoms with Crippen LogP contribution in [-0.4, -0.2) is 0 Å². The second-order valence-corrected chi connectivity index (χ2v) is 2.40. The monoisotopic (exact) mass is 292 g/mol. The normalized spacial score (nSPS) is 6.75. The molecule has 0 atom stereocenters. The van der Waals surface area contributed by atoms with Crippen molar-refractivity contribution in [2.75, 3.05) is 0 Å². The maximum absolute atomic E-state index is 8.60. The summed E-state index contributed by atoms with van der Waals surface area (Å²) in [5.41, 5.74) is 0. The first-order valence-corrected chi connectivity index (χ1v) is 5.50. The molecule has 0 heterocycles. The zero-order valence-electron chi connectivity index (χ0n) is 4.72. The molecule has 0 amide bonds. The van der Waals surface area contributed by atoms with Crippen LogP contribution in [0.1, 0.15) is 19.8 Å². The first kappa shape index (κ1) is 10.9. The minimum absolute atomic E-state index is 1.07. The van der Waals surface area contributed by atoms with Crippen LogP contribution < -0.4 is 0 Å². The van der Waals surface area contributed by atoms with Gasteiger partial charge in [0.2, 0.25) is 0 Å². The third-order valence-electron chi connectivity index (χ3n) is 0.354. The molecule has 3 nitrogen and oxygen atoms in total. The van der Waals surface area contributed by atoms with Gasteiger partial charge in [0.05, 0.1) is 0 Å². The third kappa shape index (κ3) is 138. The zero-order chi connectivity index (χ0) is 6.99. The van der Waals surface area contributed by atoms with Crippen LogP contribution in [0.3, 0.4) is 0 Å². The van der Waals surface area contributed by atoms with Crippen LogP contribution in [0, 0.1) is 6.92 Å². The van der Waals surface area contributed by atoms with Gasteiger partial charge in [-0.25, -0.2) is 0 Å². The van der Waals surface area contributed by atoms with Crippen LogP contribution >= 0.6 is 0 Å². The molecule has 51 valence electrons. The fourth-order valence-electron chi connectivity index (χ4n) is 0. The van der Waals surface area contributed by atoms with Crippen LogP contribution in [0.5, 0.6) is 0 Å². The number of unbranched alkanes of at least 4 members (excludes halogenated alkanes) is 1. The number of rotatable bonds is 1. The topological polar surface area (TPSA) is 51.2 Å². The predicted octanol–water partition coefficient (Wildman–Crippen LogP) is 1.26. The van der Waals surface area contributed by atoms with E-state index in [0.717, 1.165) is 6.42 Å². The van der Waals surface area contributed by atoms with Gasteiger partial charge in [0.15, 0.2) is 0 Å². The molecule has 0 bridgehead atoms. The molecule has 8 heavy (non-hydrogen) atoms. The summed E-state index contributed by atoms with van der Waals surface area (Å²) in [5, 5.41) is 0. The summed E-state index contributed by atoms with van der Waals surface area (Å²) in [4.78, 5) is 0. The molecule has 0 spiro atoms. The standard InChI is InChI=1S/C4H9.3O.Re/c1-3-4-2;;;;/h1,3-4H2,2H3;;;;/q-1;;;;. The van der Waals surface area contributed by atoms with Gasteiger partial charge in [-0.05, 0) is 0 Å². The van der Waals surface area contributed by atoms with Crippen LogP contribution in [0.15, 0.2) is 0 Å². The van der Waals surface area contributed by atoms with Crippen molar-refractivity contribution in [2.24, 2.45) is 0 Å². The molecule has 0 aromatic carbocycles. The molecular weight excluding hydrogens is 282 g/mol. The molecule has 0 aliphatic carbocycles. The Kier molecular flexibility index (Phi) is 13.9. The van der Waals surface area contributed by atoms with Crippen LogP contribution in [0.4, 0.5) is 0 Å². The molecule has 0 rings (SSSR count). The molecule has 0 fully saturated rings. The van der Waals surface area contributed by atoms with E-state index in [1.54, 1.807) is 0 Å². The van der Waals surface area contributed by atoms with Gasteiger partial charge in [0.25, 0.3) is 0 Å². The summed E-state index contributed by atoms with van der Waals surface area (Å²) < 4.78 is 25.8. The van der Waals surface area contributed by atoms with E-state index in [-0.39, 0.29) is 0 Å². The Labute approximate surface area is 54.2 Å². The van der Waals surface area contributed by atoms with Gasteiger partial charge in [-0.3, -0.25) is 0 Å². The Morgan fingerprint density at radius 2 is 1.50 bits per heavy atom. The first-order valence-electron chi connectivity index (χ1n) is 2.17. The number of hydrogen-bond acceptors (Lipinski definition) is 3. The fraction of sp³-hybridized carbons (Fsp3) is 0.750. The minimum atomic E-state index is -4.21. The van der Waals surface area contributed by atoms with E-state index >= 15 is 0 Å². The Morgan fingerprint density at radius 3 is 1.50 bits per heavy atom. The van der Waals surface area contributed by atoms with Crippen molar-refractivity contribution in [3.8, 4) is 0 Å². The summed E-state index contributed by atoms with van der Waals surface area (Å²) in [6, 6.07) is 0. The second kappa shape index (κ2) is 10.1. The molecule has 0 aliphatic heterocycles. The van der Waals surface area contributed by atoms with Crippen LogP contribution in [0.2, 0.25) is 0 Å². The zero-order valence-corrected chi connectivity index (χ0v) is 7.44. The Morgan fingerprint density at radius 1 is 1.38 bits per heavy atom. The quantitative estimate of drug-likeness (QED) is 0.684. The van der Waals surface area contributed by atoms with E-state index < -0.39 is 16.6 Å². The average molecular weight is 291 g/mol. The fourth-order valence-corrected chi connectivity index (χ4v) is 0. The predicted molar refractivity (Wildman–Crippen MR) is 22.3 cm³/mol. The average Bonchev–Trinajstić information content (AvgIpc) is 1.65. The first-order chi connectivity index (χ1) is 3.65. The molecule has 0 aliphatic rings. The molecule has 0 saturated heterocycles. The van der Waals surface area contributed by atoms with Gasteiger partial charge in [-0.2, -0.15) is 6.42 Å². The van der Waals surface area contributed by atoms with Gasteiger partial charge < -0.3 is 6.92 Å². The molecule has 0 aromatic heterocycles. The van der Waals surface area contributed by atoms with Crippen molar-refractivity contribution < 1.29 is 27.0 Å². The molecule has 0 N–H and O–H groups in total. The molecule has 4 heteroatoms. The summed E-state index contributed by atoms with van der Waals surface area (Å²) in [6.45, 7) is 5.72. The van der Waals surface area contributed by atoms with Gasteiger partial charge >= 0.3 is 27.0 Å². The van der Waals surface area contributed by atoms with Crippen molar-refractivity contribution >= 4 is 0 Å².